The van der Waals surface area contributed by atoms with Crippen LogP contribution >= 0.6 is 0 Å². The summed E-state index contributed by atoms with van der Waals surface area (Å²) >= 11 is 0. The van der Waals surface area contributed by atoms with E-state index in [9.17, 15) is 9.90 Å². The molecule has 1 amide bonds. The fraction of sp³-hybridized carbons (Fsp3) is 0.864. The molecule has 0 saturated heterocycles. The number of ether oxygens (including phenoxy) is 2. The molecule has 1 heterocycles. The van der Waals surface area contributed by atoms with Crippen LogP contribution in [0.3, 0.4) is 0 Å². The highest BCUT2D eigenvalue weighted by molar-refractivity contribution is 5.91. The van der Waals surface area contributed by atoms with E-state index in [0.29, 0.717) is 24.2 Å². The van der Waals surface area contributed by atoms with Crippen molar-refractivity contribution >= 4 is 5.91 Å². The predicted molar refractivity (Wildman–Crippen MR) is 105 cm³/mol. The minimum absolute atomic E-state index is 0.0739. The van der Waals surface area contributed by atoms with Crippen molar-refractivity contribution < 1.29 is 19.4 Å². The van der Waals surface area contributed by atoms with Crippen LogP contribution < -0.4 is 5.32 Å². The first-order valence-electron chi connectivity index (χ1n) is 11.1. The highest BCUT2D eigenvalue weighted by Crippen LogP contribution is 2.43. The zero-order valence-electron chi connectivity index (χ0n) is 16.8. The summed E-state index contributed by atoms with van der Waals surface area (Å²) < 4.78 is 12.0. The Balaban J connectivity index is 1.75. The summed E-state index contributed by atoms with van der Waals surface area (Å²) in [5.41, 5.74) is 0. The minimum Gasteiger partial charge on any atom is -0.459 e. The lowest BCUT2D eigenvalue weighted by molar-refractivity contribution is -0.176. The van der Waals surface area contributed by atoms with Gasteiger partial charge in [-0.25, -0.2) is 0 Å². The van der Waals surface area contributed by atoms with E-state index in [0.717, 1.165) is 25.7 Å². The summed E-state index contributed by atoms with van der Waals surface area (Å²) in [7, 11) is 0. The molecular weight excluding hydrogens is 342 g/mol. The van der Waals surface area contributed by atoms with E-state index in [1.54, 1.807) is 0 Å². The molecule has 2 aliphatic carbocycles. The molecule has 3 aliphatic rings. The molecule has 27 heavy (non-hydrogen) atoms. The molecule has 0 aromatic heterocycles. The van der Waals surface area contributed by atoms with Gasteiger partial charge >= 0.3 is 0 Å². The van der Waals surface area contributed by atoms with E-state index < -0.39 is 0 Å². The molecule has 2 saturated carbocycles. The van der Waals surface area contributed by atoms with Crippen LogP contribution in [0.2, 0.25) is 0 Å². The van der Waals surface area contributed by atoms with Gasteiger partial charge in [0.2, 0.25) is 6.29 Å². The minimum atomic E-state index is -0.385. The Hall–Kier alpha value is -1.07. The van der Waals surface area contributed by atoms with Gasteiger partial charge in [-0.2, -0.15) is 0 Å². The predicted octanol–water partition coefficient (Wildman–Crippen LogP) is 3.91. The first kappa shape index (κ1) is 20.7. The quantitative estimate of drug-likeness (QED) is 0.671. The maximum absolute atomic E-state index is 12.9. The third-order valence-electron chi connectivity index (χ3n) is 6.57. The van der Waals surface area contributed by atoms with Gasteiger partial charge in [-0.1, -0.05) is 32.1 Å². The molecule has 1 aliphatic heterocycles. The molecule has 154 valence electrons. The SMILES string of the molecule is CCO[C@@H]1OC(C(=O)NC2CCCCC2)=C[C@H](C2CCCC2)[C@H]1CCCO. The molecule has 0 aromatic carbocycles. The smallest absolute Gasteiger partial charge is 0.286 e. The molecule has 0 aromatic rings. The van der Waals surface area contributed by atoms with Crippen LogP contribution in [0, 0.1) is 17.8 Å². The van der Waals surface area contributed by atoms with E-state index in [4.69, 9.17) is 9.47 Å². The molecule has 2 fully saturated rings. The van der Waals surface area contributed by atoms with Gasteiger partial charge in [-0.15, -0.1) is 0 Å². The van der Waals surface area contributed by atoms with Crippen LogP contribution in [0.4, 0.5) is 0 Å². The van der Waals surface area contributed by atoms with Crippen molar-refractivity contribution in [3.63, 3.8) is 0 Å². The Morgan fingerprint density at radius 1 is 1.19 bits per heavy atom. The molecule has 2 N–H and O–H groups in total. The van der Waals surface area contributed by atoms with Crippen LogP contribution in [-0.4, -0.2) is 36.6 Å². The number of nitrogens with one attached hydrogen (secondary N) is 1. The van der Waals surface area contributed by atoms with Crippen molar-refractivity contribution in [2.75, 3.05) is 13.2 Å². The van der Waals surface area contributed by atoms with Crippen LogP contribution in [0.1, 0.15) is 77.6 Å². The summed E-state index contributed by atoms with van der Waals surface area (Å²) in [6.07, 6.45) is 14.1. The Labute approximate surface area is 163 Å². The fourth-order valence-electron chi connectivity index (χ4n) is 5.17. The zero-order valence-corrected chi connectivity index (χ0v) is 16.8. The van der Waals surface area contributed by atoms with Crippen molar-refractivity contribution in [3.8, 4) is 0 Å². The Kier molecular flexibility index (Phi) is 8.01. The average Bonchev–Trinajstić information content (AvgIpc) is 3.22. The molecule has 5 nitrogen and oxygen atoms in total. The third-order valence-corrected chi connectivity index (χ3v) is 6.57. The van der Waals surface area contributed by atoms with Gasteiger partial charge in [0.1, 0.15) is 0 Å². The maximum Gasteiger partial charge on any atom is 0.286 e. The lowest BCUT2D eigenvalue weighted by Gasteiger charge is -2.39. The number of aliphatic hydroxyl groups is 1. The van der Waals surface area contributed by atoms with E-state index in [2.05, 4.69) is 11.4 Å². The highest BCUT2D eigenvalue weighted by Gasteiger charge is 2.41. The second-order valence-electron chi connectivity index (χ2n) is 8.43. The number of carbonyl (C=O) groups excluding carboxylic acids is 1. The van der Waals surface area contributed by atoms with E-state index in [-0.39, 0.29) is 30.8 Å². The van der Waals surface area contributed by atoms with Gasteiger partial charge in [-0.3, -0.25) is 4.79 Å². The third kappa shape index (κ3) is 5.47. The summed E-state index contributed by atoms with van der Waals surface area (Å²) in [6.45, 7) is 2.72. The Morgan fingerprint density at radius 2 is 1.89 bits per heavy atom. The fourth-order valence-corrected chi connectivity index (χ4v) is 5.17. The molecule has 3 rings (SSSR count). The number of aliphatic hydroxyl groups excluding tert-OH is 1. The molecule has 0 bridgehead atoms. The van der Waals surface area contributed by atoms with Crippen molar-refractivity contribution in [1.29, 1.82) is 0 Å². The first-order valence-corrected chi connectivity index (χ1v) is 11.1. The zero-order chi connectivity index (χ0) is 19.1. The largest absolute Gasteiger partial charge is 0.459 e. The second kappa shape index (κ2) is 10.5. The average molecular weight is 380 g/mol. The van der Waals surface area contributed by atoms with Gasteiger partial charge in [0.05, 0.1) is 0 Å². The van der Waals surface area contributed by atoms with Crippen molar-refractivity contribution in [2.24, 2.45) is 17.8 Å². The standard InChI is InChI=1S/C22H37NO4/c1-2-26-22-18(13-8-14-24)19(16-9-6-7-10-16)15-20(27-22)21(25)23-17-11-4-3-5-12-17/h15-19,22,24H,2-14H2,1H3,(H,23,25)/t18-,19-,22-/m1/s1. The summed E-state index contributed by atoms with van der Waals surface area (Å²) in [4.78, 5) is 12.9. The second-order valence-corrected chi connectivity index (χ2v) is 8.43. The molecule has 5 heteroatoms. The lowest BCUT2D eigenvalue weighted by atomic mass is 9.76. The van der Waals surface area contributed by atoms with Gasteiger partial charge in [0.15, 0.2) is 5.76 Å². The summed E-state index contributed by atoms with van der Waals surface area (Å²) in [5, 5.41) is 12.5. The van der Waals surface area contributed by atoms with E-state index in [1.165, 1.54) is 44.9 Å². The molecule has 0 radical (unpaired) electrons. The van der Waals surface area contributed by atoms with Crippen LogP contribution in [-0.2, 0) is 14.3 Å². The number of amides is 1. The molecule has 0 spiro atoms. The summed E-state index contributed by atoms with van der Waals surface area (Å²) in [6, 6.07) is 0.276. The van der Waals surface area contributed by atoms with Crippen LogP contribution in [0.5, 0.6) is 0 Å². The maximum atomic E-state index is 12.9. The van der Waals surface area contributed by atoms with Crippen LogP contribution in [0.25, 0.3) is 0 Å². The van der Waals surface area contributed by atoms with Gasteiger partial charge in [0.25, 0.3) is 5.91 Å². The van der Waals surface area contributed by atoms with E-state index in [1.807, 2.05) is 6.92 Å². The van der Waals surface area contributed by atoms with Crippen molar-refractivity contribution in [2.45, 2.75) is 89.9 Å². The highest BCUT2D eigenvalue weighted by atomic mass is 16.7. The van der Waals surface area contributed by atoms with Gasteiger partial charge < -0.3 is 19.9 Å². The van der Waals surface area contributed by atoms with Crippen molar-refractivity contribution in [1.82, 2.24) is 5.32 Å². The van der Waals surface area contributed by atoms with E-state index >= 15 is 0 Å². The normalized spacial score (nSPS) is 30.0. The molecule has 3 atom stereocenters. The monoisotopic (exact) mass is 379 g/mol. The van der Waals surface area contributed by atoms with Crippen LogP contribution in [0.15, 0.2) is 11.8 Å². The lowest BCUT2D eigenvalue weighted by Crippen LogP contribution is -2.43. The molecule has 0 unspecified atom stereocenters. The first-order chi connectivity index (χ1) is 13.2. The van der Waals surface area contributed by atoms with Gasteiger partial charge in [0, 0.05) is 25.2 Å². The van der Waals surface area contributed by atoms with Gasteiger partial charge in [-0.05, 0) is 63.4 Å². The number of rotatable bonds is 8. The molecular formula is C22H37NO4. The number of hydrogen-bond donors (Lipinski definition) is 2. The number of carbonyl (C=O) groups is 1. The number of allylic oxidation sites excluding steroid dienone is 1. The Bertz CT molecular complexity index is 495. The topological polar surface area (TPSA) is 67.8 Å². The number of hydrogen-bond acceptors (Lipinski definition) is 4. The summed E-state index contributed by atoms with van der Waals surface area (Å²) in [5.74, 6) is 1.49. The van der Waals surface area contributed by atoms with Crippen molar-refractivity contribution in [3.05, 3.63) is 11.8 Å². The Morgan fingerprint density at radius 3 is 2.56 bits per heavy atom.